The van der Waals surface area contributed by atoms with Crippen molar-refractivity contribution in [3.63, 3.8) is 0 Å². The molecule has 1 N–H and O–H groups in total. The van der Waals surface area contributed by atoms with Gasteiger partial charge in [0.2, 0.25) is 0 Å². The number of aromatic nitrogens is 1. The Morgan fingerprint density at radius 1 is 1.38 bits per heavy atom. The molecule has 1 aromatic heterocycles. The summed E-state index contributed by atoms with van der Waals surface area (Å²) in [5, 5.41) is 4.62. The van der Waals surface area contributed by atoms with Crippen LogP contribution < -0.4 is 10.1 Å². The van der Waals surface area contributed by atoms with E-state index in [9.17, 15) is 0 Å². The van der Waals surface area contributed by atoms with Gasteiger partial charge in [0.25, 0.3) is 0 Å². The number of nitrogens with zero attached hydrogens (tertiary/aromatic N) is 1. The van der Waals surface area contributed by atoms with Gasteiger partial charge in [0.15, 0.2) is 0 Å². The van der Waals surface area contributed by atoms with Crippen molar-refractivity contribution in [2.45, 2.75) is 12.8 Å². The molecule has 0 amide bonds. The third-order valence-corrected chi connectivity index (χ3v) is 3.08. The highest BCUT2D eigenvalue weighted by Crippen LogP contribution is 2.31. The van der Waals surface area contributed by atoms with Gasteiger partial charge in [-0.1, -0.05) is 0 Å². The average molecular weight is 214 g/mol. The third kappa shape index (κ3) is 1.40. The molecule has 3 heteroatoms. The van der Waals surface area contributed by atoms with E-state index in [-0.39, 0.29) is 0 Å². The summed E-state index contributed by atoms with van der Waals surface area (Å²) in [6, 6.07) is 6.01. The maximum atomic E-state index is 5.26. The third-order valence-electron chi connectivity index (χ3n) is 3.08. The van der Waals surface area contributed by atoms with Gasteiger partial charge in [0.05, 0.1) is 12.6 Å². The highest BCUT2D eigenvalue weighted by molar-refractivity contribution is 5.94. The number of hydrogen-bond acceptors (Lipinski definition) is 3. The van der Waals surface area contributed by atoms with Crippen molar-refractivity contribution in [3.8, 4) is 5.75 Å². The van der Waals surface area contributed by atoms with E-state index in [1.807, 2.05) is 18.3 Å². The number of fused-ring (bicyclic) bond motifs is 3. The summed E-state index contributed by atoms with van der Waals surface area (Å²) in [5.74, 6) is 0.884. The van der Waals surface area contributed by atoms with Gasteiger partial charge in [-0.3, -0.25) is 4.98 Å². The number of pyridine rings is 1. The Kier molecular flexibility index (Phi) is 2.17. The first-order chi connectivity index (χ1) is 7.88. The van der Waals surface area contributed by atoms with E-state index in [1.54, 1.807) is 7.11 Å². The maximum absolute atomic E-state index is 5.26. The summed E-state index contributed by atoms with van der Waals surface area (Å²) in [7, 11) is 1.69. The molecule has 0 saturated carbocycles. The Balaban J connectivity index is 2.27. The van der Waals surface area contributed by atoms with Crippen LogP contribution in [0.25, 0.3) is 10.9 Å². The first kappa shape index (κ1) is 9.46. The number of anilines is 1. The number of methoxy groups -OCH3 is 1. The van der Waals surface area contributed by atoms with Crippen LogP contribution >= 0.6 is 0 Å². The van der Waals surface area contributed by atoms with E-state index >= 15 is 0 Å². The van der Waals surface area contributed by atoms with Gasteiger partial charge < -0.3 is 10.1 Å². The van der Waals surface area contributed by atoms with Crippen molar-refractivity contribution >= 4 is 16.6 Å². The highest BCUT2D eigenvalue weighted by atomic mass is 16.5. The van der Waals surface area contributed by atoms with Gasteiger partial charge in [0.1, 0.15) is 5.75 Å². The van der Waals surface area contributed by atoms with Crippen molar-refractivity contribution < 1.29 is 4.74 Å². The fourth-order valence-electron chi connectivity index (χ4n) is 2.23. The Labute approximate surface area is 94.5 Å². The van der Waals surface area contributed by atoms with Crippen molar-refractivity contribution in [1.82, 2.24) is 4.98 Å². The molecule has 0 atom stereocenters. The molecule has 82 valence electrons. The number of ether oxygens (including phenoxy) is 1. The zero-order valence-electron chi connectivity index (χ0n) is 9.29. The van der Waals surface area contributed by atoms with Crippen molar-refractivity contribution in [3.05, 3.63) is 30.0 Å². The summed E-state index contributed by atoms with van der Waals surface area (Å²) in [5.41, 5.74) is 3.57. The molecule has 3 rings (SSSR count). The number of rotatable bonds is 1. The van der Waals surface area contributed by atoms with E-state index in [0.29, 0.717) is 0 Å². The zero-order chi connectivity index (χ0) is 11.0. The number of nitrogens with one attached hydrogen (secondary N) is 1. The standard InChI is InChI=1S/C13H14N2O/c1-16-10-4-5-12-11(7-10)13-9(8-15-12)3-2-6-14-13/h4-5,7-8,14H,2-3,6H2,1H3. The highest BCUT2D eigenvalue weighted by Gasteiger charge is 2.12. The predicted molar refractivity (Wildman–Crippen MR) is 65.1 cm³/mol. The predicted octanol–water partition coefficient (Wildman–Crippen LogP) is 2.60. The lowest BCUT2D eigenvalue weighted by atomic mass is 10.0. The summed E-state index contributed by atoms with van der Waals surface area (Å²) in [6.07, 6.45) is 4.28. The maximum Gasteiger partial charge on any atom is 0.119 e. The van der Waals surface area contributed by atoms with E-state index < -0.39 is 0 Å². The molecule has 0 unspecified atom stereocenters. The molecule has 3 nitrogen and oxygen atoms in total. The molecule has 2 aromatic rings. The first-order valence-electron chi connectivity index (χ1n) is 5.58. The van der Waals surface area contributed by atoms with Gasteiger partial charge in [0, 0.05) is 23.8 Å². The zero-order valence-corrected chi connectivity index (χ0v) is 9.29. The van der Waals surface area contributed by atoms with Crippen LogP contribution in [-0.4, -0.2) is 18.6 Å². The van der Waals surface area contributed by atoms with Gasteiger partial charge in [-0.2, -0.15) is 0 Å². The first-order valence-corrected chi connectivity index (χ1v) is 5.58. The Bertz CT molecular complexity index is 531. The SMILES string of the molecule is COc1ccc2ncc3c(c2c1)NCCC3. The molecule has 0 saturated heterocycles. The van der Waals surface area contributed by atoms with Crippen molar-refractivity contribution in [2.24, 2.45) is 0 Å². The second-order valence-electron chi connectivity index (χ2n) is 4.07. The largest absolute Gasteiger partial charge is 0.497 e. The summed E-state index contributed by atoms with van der Waals surface area (Å²) in [4.78, 5) is 4.47. The molecule has 0 fully saturated rings. The summed E-state index contributed by atoms with van der Waals surface area (Å²) >= 11 is 0. The van der Waals surface area contributed by atoms with Crippen LogP contribution in [-0.2, 0) is 6.42 Å². The monoisotopic (exact) mass is 214 g/mol. The van der Waals surface area contributed by atoms with E-state index in [0.717, 1.165) is 29.6 Å². The van der Waals surface area contributed by atoms with E-state index in [2.05, 4.69) is 16.4 Å². The van der Waals surface area contributed by atoms with Crippen LogP contribution in [0.3, 0.4) is 0 Å². The molecule has 1 aliphatic rings. The minimum Gasteiger partial charge on any atom is -0.497 e. The lowest BCUT2D eigenvalue weighted by Gasteiger charge is -2.19. The van der Waals surface area contributed by atoms with Crippen LogP contribution in [0, 0.1) is 0 Å². The number of benzene rings is 1. The molecule has 2 heterocycles. The normalized spacial score (nSPS) is 14.3. The quantitative estimate of drug-likeness (QED) is 0.792. The van der Waals surface area contributed by atoms with Gasteiger partial charge in [-0.05, 0) is 36.6 Å². The van der Waals surface area contributed by atoms with Gasteiger partial charge in [-0.15, -0.1) is 0 Å². The minimum atomic E-state index is 0.884. The van der Waals surface area contributed by atoms with Crippen LogP contribution in [0.5, 0.6) is 5.75 Å². The fraction of sp³-hybridized carbons (Fsp3) is 0.308. The van der Waals surface area contributed by atoms with Gasteiger partial charge in [-0.25, -0.2) is 0 Å². The van der Waals surface area contributed by atoms with Crippen LogP contribution in [0.2, 0.25) is 0 Å². The molecular weight excluding hydrogens is 200 g/mol. The second kappa shape index (κ2) is 3.67. The second-order valence-corrected chi connectivity index (χ2v) is 4.07. The fourth-order valence-corrected chi connectivity index (χ4v) is 2.23. The van der Waals surface area contributed by atoms with E-state index in [4.69, 9.17) is 4.74 Å². The summed E-state index contributed by atoms with van der Waals surface area (Å²) < 4.78 is 5.26. The number of aryl methyl sites for hydroxylation is 1. The Hall–Kier alpha value is -1.77. The molecule has 1 aromatic carbocycles. The molecular formula is C13H14N2O. The van der Waals surface area contributed by atoms with Crippen molar-refractivity contribution in [2.75, 3.05) is 19.0 Å². The lowest BCUT2D eigenvalue weighted by molar-refractivity contribution is 0.415. The van der Waals surface area contributed by atoms with Crippen molar-refractivity contribution in [1.29, 1.82) is 0 Å². The Morgan fingerprint density at radius 2 is 2.31 bits per heavy atom. The molecule has 0 radical (unpaired) electrons. The minimum absolute atomic E-state index is 0.884. The molecule has 1 aliphatic heterocycles. The molecule has 0 aliphatic carbocycles. The van der Waals surface area contributed by atoms with Crippen LogP contribution in [0.1, 0.15) is 12.0 Å². The van der Waals surface area contributed by atoms with E-state index in [1.165, 1.54) is 17.7 Å². The smallest absolute Gasteiger partial charge is 0.119 e. The molecule has 0 bridgehead atoms. The number of hydrogen-bond donors (Lipinski definition) is 1. The average Bonchev–Trinajstić information content (AvgIpc) is 2.38. The van der Waals surface area contributed by atoms with Gasteiger partial charge >= 0.3 is 0 Å². The topological polar surface area (TPSA) is 34.1 Å². The van der Waals surface area contributed by atoms with Crippen LogP contribution in [0.15, 0.2) is 24.4 Å². The molecule has 16 heavy (non-hydrogen) atoms. The summed E-state index contributed by atoms with van der Waals surface area (Å²) in [6.45, 7) is 1.04. The Morgan fingerprint density at radius 3 is 3.19 bits per heavy atom. The lowest BCUT2D eigenvalue weighted by Crippen LogP contribution is -2.12. The van der Waals surface area contributed by atoms with Crippen LogP contribution in [0.4, 0.5) is 5.69 Å². The molecule has 0 spiro atoms.